The number of hydrogen-bond acceptors (Lipinski definition) is 1. The standard InChI is InChI=1S/C21H17F3O/c22-20(23,24)15-16-9-7-8-14-19(16)21(25,17-10-3-1-4-11-17)18-12-5-2-6-13-18/h1-14,25H,15H2. The first-order chi connectivity index (χ1) is 11.9. The van der Waals surface area contributed by atoms with E-state index in [1.165, 1.54) is 6.07 Å². The first kappa shape index (κ1) is 17.2. The molecule has 0 aliphatic carbocycles. The van der Waals surface area contributed by atoms with Gasteiger partial charge in [-0.3, -0.25) is 0 Å². The van der Waals surface area contributed by atoms with Gasteiger partial charge in [0.15, 0.2) is 0 Å². The summed E-state index contributed by atoms with van der Waals surface area (Å²) < 4.78 is 39.1. The predicted octanol–water partition coefficient (Wildman–Crippen LogP) is 5.08. The third-order valence-corrected chi connectivity index (χ3v) is 4.18. The molecule has 1 nitrogen and oxygen atoms in total. The average molecular weight is 342 g/mol. The van der Waals surface area contributed by atoms with Crippen molar-refractivity contribution in [2.75, 3.05) is 0 Å². The summed E-state index contributed by atoms with van der Waals surface area (Å²) in [7, 11) is 0. The van der Waals surface area contributed by atoms with Crippen molar-refractivity contribution in [2.24, 2.45) is 0 Å². The second kappa shape index (κ2) is 6.73. The van der Waals surface area contributed by atoms with E-state index in [4.69, 9.17) is 0 Å². The van der Waals surface area contributed by atoms with Gasteiger partial charge in [-0.1, -0.05) is 84.9 Å². The van der Waals surface area contributed by atoms with Crippen molar-refractivity contribution < 1.29 is 18.3 Å². The minimum atomic E-state index is -4.36. The van der Waals surface area contributed by atoms with E-state index in [1.54, 1.807) is 78.9 Å². The van der Waals surface area contributed by atoms with Crippen LogP contribution in [-0.2, 0) is 12.0 Å². The van der Waals surface area contributed by atoms with E-state index in [2.05, 4.69) is 0 Å². The SMILES string of the molecule is OC(c1ccccc1)(c1ccccc1)c1ccccc1CC(F)(F)F. The smallest absolute Gasteiger partial charge is 0.376 e. The molecule has 25 heavy (non-hydrogen) atoms. The molecule has 128 valence electrons. The lowest BCUT2D eigenvalue weighted by atomic mass is 9.78. The van der Waals surface area contributed by atoms with E-state index >= 15 is 0 Å². The lowest BCUT2D eigenvalue weighted by Crippen LogP contribution is -2.31. The highest BCUT2D eigenvalue weighted by molar-refractivity contribution is 5.50. The molecular weight excluding hydrogens is 325 g/mol. The van der Waals surface area contributed by atoms with Crippen LogP contribution >= 0.6 is 0 Å². The van der Waals surface area contributed by atoms with Gasteiger partial charge in [-0.15, -0.1) is 0 Å². The number of alkyl halides is 3. The van der Waals surface area contributed by atoms with E-state index in [-0.39, 0.29) is 11.1 Å². The van der Waals surface area contributed by atoms with Crippen LogP contribution in [0.3, 0.4) is 0 Å². The van der Waals surface area contributed by atoms with Crippen LogP contribution in [0.25, 0.3) is 0 Å². The van der Waals surface area contributed by atoms with Crippen molar-refractivity contribution in [1.82, 2.24) is 0 Å². The molecule has 0 fully saturated rings. The zero-order valence-electron chi connectivity index (χ0n) is 13.4. The van der Waals surface area contributed by atoms with Gasteiger partial charge in [0.25, 0.3) is 0 Å². The molecule has 0 aliphatic heterocycles. The molecule has 0 amide bonds. The maximum Gasteiger partial charge on any atom is 0.393 e. The highest BCUT2D eigenvalue weighted by atomic mass is 19.4. The van der Waals surface area contributed by atoms with Crippen LogP contribution in [0.15, 0.2) is 84.9 Å². The minimum absolute atomic E-state index is 0.0604. The minimum Gasteiger partial charge on any atom is -0.376 e. The van der Waals surface area contributed by atoms with Crippen molar-refractivity contribution in [3.05, 3.63) is 107 Å². The predicted molar refractivity (Wildman–Crippen MR) is 91.2 cm³/mol. The molecule has 4 heteroatoms. The number of halogens is 3. The molecule has 1 N–H and O–H groups in total. The highest BCUT2D eigenvalue weighted by Gasteiger charge is 2.38. The summed E-state index contributed by atoms with van der Waals surface area (Å²) in [6.07, 6.45) is -5.45. The fraction of sp³-hybridized carbons (Fsp3) is 0.143. The Kier molecular flexibility index (Phi) is 4.64. The summed E-state index contributed by atoms with van der Waals surface area (Å²) in [5.74, 6) is 0. The van der Waals surface area contributed by atoms with Crippen LogP contribution in [0.4, 0.5) is 13.2 Å². The quantitative estimate of drug-likeness (QED) is 0.656. The summed E-state index contributed by atoms with van der Waals surface area (Å²) in [6, 6.07) is 23.7. The van der Waals surface area contributed by atoms with Crippen LogP contribution in [0, 0.1) is 0 Å². The molecular formula is C21H17F3O. The maximum atomic E-state index is 13.0. The van der Waals surface area contributed by atoms with E-state index < -0.39 is 18.2 Å². The van der Waals surface area contributed by atoms with Gasteiger partial charge in [0.05, 0.1) is 6.42 Å². The van der Waals surface area contributed by atoms with Crippen LogP contribution in [-0.4, -0.2) is 11.3 Å². The van der Waals surface area contributed by atoms with Crippen LogP contribution in [0.5, 0.6) is 0 Å². The third kappa shape index (κ3) is 3.59. The van der Waals surface area contributed by atoms with Crippen molar-refractivity contribution in [1.29, 1.82) is 0 Å². The molecule has 0 aliphatic rings. The van der Waals surface area contributed by atoms with Crippen molar-refractivity contribution in [3.63, 3.8) is 0 Å². The van der Waals surface area contributed by atoms with E-state index in [9.17, 15) is 18.3 Å². The Morgan fingerprint density at radius 1 is 0.640 bits per heavy atom. The molecule has 0 unspecified atom stereocenters. The first-order valence-electron chi connectivity index (χ1n) is 7.90. The topological polar surface area (TPSA) is 20.2 Å². The van der Waals surface area contributed by atoms with Gasteiger partial charge in [-0.25, -0.2) is 0 Å². The number of hydrogen-bond donors (Lipinski definition) is 1. The van der Waals surface area contributed by atoms with Crippen LogP contribution < -0.4 is 0 Å². The Morgan fingerprint density at radius 3 is 1.56 bits per heavy atom. The molecule has 3 aromatic rings. The van der Waals surface area contributed by atoms with Crippen molar-refractivity contribution >= 4 is 0 Å². The number of rotatable bonds is 4. The molecule has 0 saturated heterocycles. The summed E-state index contributed by atoms with van der Waals surface area (Å²) in [4.78, 5) is 0. The lowest BCUT2D eigenvalue weighted by Gasteiger charge is -2.32. The second-order valence-corrected chi connectivity index (χ2v) is 5.89. The second-order valence-electron chi connectivity index (χ2n) is 5.89. The summed E-state index contributed by atoms with van der Waals surface area (Å²) in [5, 5.41) is 11.6. The lowest BCUT2D eigenvalue weighted by molar-refractivity contribution is -0.127. The third-order valence-electron chi connectivity index (χ3n) is 4.18. The normalized spacial score (nSPS) is 12.2. The molecule has 3 rings (SSSR count). The van der Waals surface area contributed by atoms with Crippen LogP contribution in [0.1, 0.15) is 22.3 Å². The summed E-state index contributed by atoms with van der Waals surface area (Å²) in [6.45, 7) is 0. The van der Waals surface area contributed by atoms with E-state index in [0.29, 0.717) is 11.1 Å². The Morgan fingerprint density at radius 2 is 1.08 bits per heavy atom. The molecule has 0 aromatic heterocycles. The van der Waals surface area contributed by atoms with Gasteiger partial charge >= 0.3 is 6.18 Å². The van der Waals surface area contributed by atoms with Gasteiger partial charge < -0.3 is 5.11 Å². The molecule has 0 atom stereocenters. The fourth-order valence-electron chi connectivity index (χ4n) is 3.08. The van der Waals surface area contributed by atoms with E-state index in [1.807, 2.05) is 0 Å². The zero-order valence-corrected chi connectivity index (χ0v) is 13.4. The van der Waals surface area contributed by atoms with Crippen molar-refractivity contribution in [2.45, 2.75) is 18.2 Å². The molecule has 3 aromatic carbocycles. The zero-order chi connectivity index (χ0) is 17.9. The Labute approximate surface area is 144 Å². The van der Waals surface area contributed by atoms with E-state index in [0.717, 1.165) is 0 Å². The largest absolute Gasteiger partial charge is 0.393 e. The molecule has 0 heterocycles. The highest BCUT2D eigenvalue weighted by Crippen LogP contribution is 2.39. The van der Waals surface area contributed by atoms with Gasteiger partial charge in [-0.05, 0) is 22.3 Å². The Hall–Kier alpha value is -2.59. The van der Waals surface area contributed by atoms with Crippen molar-refractivity contribution in [3.8, 4) is 0 Å². The van der Waals surface area contributed by atoms with Gasteiger partial charge in [0.1, 0.15) is 5.60 Å². The molecule has 0 bridgehead atoms. The Balaban J connectivity index is 2.24. The number of aliphatic hydroxyl groups is 1. The average Bonchev–Trinajstić information content (AvgIpc) is 2.62. The van der Waals surface area contributed by atoms with Gasteiger partial charge in [0.2, 0.25) is 0 Å². The fourth-order valence-corrected chi connectivity index (χ4v) is 3.08. The molecule has 0 spiro atoms. The van der Waals surface area contributed by atoms with Crippen LogP contribution in [0.2, 0.25) is 0 Å². The molecule has 0 saturated carbocycles. The van der Waals surface area contributed by atoms with Gasteiger partial charge in [0, 0.05) is 0 Å². The van der Waals surface area contributed by atoms with Gasteiger partial charge in [-0.2, -0.15) is 13.2 Å². The Bertz CT molecular complexity index is 787. The number of benzene rings is 3. The summed E-state index contributed by atoms with van der Waals surface area (Å²) >= 11 is 0. The maximum absolute atomic E-state index is 13.0. The first-order valence-corrected chi connectivity index (χ1v) is 7.90. The summed E-state index contributed by atoms with van der Waals surface area (Å²) in [5.41, 5.74) is -0.314. The monoisotopic (exact) mass is 342 g/mol. The molecule has 0 radical (unpaired) electrons.